The van der Waals surface area contributed by atoms with Gasteiger partial charge in [-0.1, -0.05) is 44.2 Å². The van der Waals surface area contributed by atoms with Crippen LogP contribution in [0.25, 0.3) is 0 Å². The maximum atomic E-state index is 14.0. The first kappa shape index (κ1) is 21.1. The molecule has 3 rings (SSSR count). The lowest BCUT2D eigenvalue weighted by Gasteiger charge is -2.40. The van der Waals surface area contributed by atoms with Gasteiger partial charge in [-0.15, -0.1) is 0 Å². The first-order valence-corrected chi connectivity index (χ1v) is 9.23. The molecule has 5 nitrogen and oxygen atoms in total. The van der Waals surface area contributed by atoms with Crippen molar-refractivity contribution >= 4 is 5.97 Å². The average Bonchev–Trinajstić information content (AvgIpc) is 3.40. The second-order valence-electron chi connectivity index (χ2n) is 8.03. The molecule has 1 heterocycles. The summed E-state index contributed by atoms with van der Waals surface area (Å²) in [5, 5.41) is 10.8. The van der Waals surface area contributed by atoms with Gasteiger partial charge in [0, 0.05) is 12.7 Å². The standard InChI is InChI=1S/C20H25F3O5/c1-11(2)13-10-14(18(3,25)16-15(13)28-16)27-17(24)19(26-4,20(21,22)23)12-8-6-5-7-9-12/h5-9,11,13-16,25H,10H2,1-4H3/t13-,14+,15-,16-,18+,19+/m0/s1. The topological polar surface area (TPSA) is 68.3 Å². The van der Waals surface area contributed by atoms with Gasteiger partial charge in [-0.2, -0.15) is 13.2 Å². The van der Waals surface area contributed by atoms with Gasteiger partial charge in [-0.25, -0.2) is 4.79 Å². The van der Waals surface area contributed by atoms with Crippen LogP contribution in [0, 0.1) is 11.8 Å². The quantitative estimate of drug-likeness (QED) is 0.605. The molecule has 1 N–H and O–H groups in total. The second-order valence-corrected chi connectivity index (χ2v) is 8.03. The van der Waals surface area contributed by atoms with Crippen molar-refractivity contribution in [2.75, 3.05) is 7.11 Å². The van der Waals surface area contributed by atoms with Crippen molar-refractivity contribution in [1.29, 1.82) is 0 Å². The van der Waals surface area contributed by atoms with E-state index in [0.29, 0.717) is 0 Å². The molecule has 1 aromatic carbocycles. The number of rotatable bonds is 5. The summed E-state index contributed by atoms with van der Waals surface area (Å²) < 4.78 is 57.7. The summed E-state index contributed by atoms with van der Waals surface area (Å²) >= 11 is 0. The van der Waals surface area contributed by atoms with Gasteiger partial charge in [-0.3, -0.25) is 0 Å². The number of hydrogen-bond donors (Lipinski definition) is 1. The van der Waals surface area contributed by atoms with Gasteiger partial charge in [0.05, 0.1) is 6.10 Å². The minimum absolute atomic E-state index is 0.0254. The Morgan fingerprint density at radius 3 is 2.39 bits per heavy atom. The van der Waals surface area contributed by atoms with Crippen LogP contribution in [0.15, 0.2) is 30.3 Å². The Morgan fingerprint density at radius 1 is 1.29 bits per heavy atom. The number of benzene rings is 1. The molecule has 0 unspecified atom stereocenters. The van der Waals surface area contributed by atoms with Crippen LogP contribution in [-0.2, 0) is 24.6 Å². The smallest absolute Gasteiger partial charge is 0.432 e. The second kappa shape index (κ2) is 7.00. The first-order chi connectivity index (χ1) is 13.0. The van der Waals surface area contributed by atoms with Crippen LogP contribution in [0.2, 0.25) is 0 Å². The third kappa shape index (κ3) is 3.21. The van der Waals surface area contributed by atoms with Crippen molar-refractivity contribution < 1.29 is 37.3 Å². The van der Waals surface area contributed by atoms with E-state index >= 15 is 0 Å². The minimum Gasteiger partial charge on any atom is -0.457 e. The molecule has 2 fully saturated rings. The van der Waals surface area contributed by atoms with Crippen LogP contribution in [0.4, 0.5) is 13.2 Å². The zero-order valence-electron chi connectivity index (χ0n) is 16.2. The molecule has 1 saturated carbocycles. The summed E-state index contributed by atoms with van der Waals surface area (Å²) in [5.74, 6) is -1.46. The first-order valence-electron chi connectivity index (χ1n) is 9.23. The average molecular weight is 402 g/mol. The number of alkyl halides is 3. The molecule has 0 spiro atoms. The molecular weight excluding hydrogens is 377 g/mol. The fourth-order valence-electron chi connectivity index (χ4n) is 4.14. The van der Waals surface area contributed by atoms with Crippen LogP contribution in [0.1, 0.15) is 32.8 Å². The molecule has 0 radical (unpaired) electrons. The Hall–Kier alpha value is -1.64. The highest BCUT2D eigenvalue weighted by molar-refractivity contribution is 5.83. The third-order valence-corrected chi connectivity index (χ3v) is 5.94. The number of carbonyl (C=O) groups is 1. The fraction of sp³-hybridized carbons (Fsp3) is 0.650. The zero-order valence-corrected chi connectivity index (χ0v) is 16.2. The molecule has 28 heavy (non-hydrogen) atoms. The van der Waals surface area contributed by atoms with E-state index in [1.165, 1.54) is 25.1 Å². The largest absolute Gasteiger partial charge is 0.457 e. The predicted molar refractivity (Wildman–Crippen MR) is 93.3 cm³/mol. The highest BCUT2D eigenvalue weighted by atomic mass is 19.4. The van der Waals surface area contributed by atoms with Gasteiger partial charge >= 0.3 is 12.1 Å². The van der Waals surface area contributed by atoms with Gasteiger partial charge in [0.15, 0.2) is 0 Å². The summed E-state index contributed by atoms with van der Waals surface area (Å²) in [7, 11) is 0.817. The molecule has 6 atom stereocenters. The van der Waals surface area contributed by atoms with Crippen molar-refractivity contribution in [3.8, 4) is 0 Å². The lowest BCUT2D eigenvalue weighted by molar-refractivity contribution is -0.282. The number of fused-ring (bicyclic) bond motifs is 1. The number of epoxide rings is 1. The number of carbonyl (C=O) groups excluding carboxylic acids is 1. The van der Waals surface area contributed by atoms with E-state index in [4.69, 9.17) is 14.2 Å². The maximum absolute atomic E-state index is 14.0. The van der Waals surface area contributed by atoms with Crippen molar-refractivity contribution in [2.24, 2.45) is 11.8 Å². The highest BCUT2D eigenvalue weighted by Crippen LogP contribution is 2.51. The van der Waals surface area contributed by atoms with Crippen molar-refractivity contribution in [3.63, 3.8) is 0 Å². The lowest BCUT2D eigenvalue weighted by Crippen LogP contribution is -2.58. The van der Waals surface area contributed by atoms with E-state index in [-0.39, 0.29) is 29.9 Å². The number of hydrogen-bond acceptors (Lipinski definition) is 5. The Morgan fingerprint density at radius 2 is 1.89 bits per heavy atom. The van der Waals surface area contributed by atoms with Crippen molar-refractivity contribution in [1.82, 2.24) is 0 Å². The molecule has 0 aromatic heterocycles. The predicted octanol–water partition coefficient (Wildman–Crippen LogP) is 3.20. The normalized spacial score (nSPS) is 34.5. The Bertz CT molecular complexity index is 718. The van der Waals surface area contributed by atoms with Crippen LogP contribution >= 0.6 is 0 Å². The van der Waals surface area contributed by atoms with Crippen LogP contribution in [0.3, 0.4) is 0 Å². The van der Waals surface area contributed by atoms with Gasteiger partial charge in [0.25, 0.3) is 5.60 Å². The number of halogens is 3. The Labute approximate surface area is 161 Å². The minimum atomic E-state index is -5.06. The Balaban J connectivity index is 1.94. The molecule has 156 valence electrons. The Kier molecular flexibility index (Phi) is 5.27. The monoisotopic (exact) mass is 402 g/mol. The van der Waals surface area contributed by atoms with E-state index in [9.17, 15) is 23.1 Å². The summed E-state index contributed by atoms with van der Waals surface area (Å²) in [6, 6.07) is 6.63. The lowest BCUT2D eigenvalue weighted by atomic mass is 9.73. The van der Waals surface area contributed by atoms with Crippen LogP contribution in [-0.4, -0.2) is 48.3 Å². The number of aliphatic hydroxyl groups is 1. The van der Waals surface area contributed by atoms with E-state index in [2.05, 4.69) is 0 Å². The van der Waals surface area contributed by atoms with Gasteiger partial charge < -0.3 is 19.3 Å². The van der Waals surface area contributed by atoms with Gasteiger partial charge in [0.1, 0.15) is 17.8 Å². The fourth-order valence-corrected chi connectivity index (χ4v) is 4.14. The maximum Gasteiger partial charge on any atom is 0.432 e. The molecule has 8 heteroatoms. The van der Waals surface area contributed by atoms with Crippen LogP contribution in [0.5, 0.6) is 0 Å². The number of methoxy groups -OCH3 is 1. The molecule has 2 aliphatic rings. The van der Waals surface area contributed by atoms with E-state index in [1.807, 2.05) is 13.8 Å². The third-order valence-electron chi connectivity index (χ3n) is 5.94. The molecule has 1 aromatic rings. The van der Waals surface area contributed by atoms with Gasteiger partial charge in [-0.05, 0) is 25.2 Å². The molecule has 0 amide bonds. The number of ether oxygens (including phenoxy) is 3. The zero-order chi connectivity index (χ0) is 20.9. The SMILES string of the molecule is CO[C@@](C(=O)O[C@@H]1C[C@@H](C(C)C)[C@@H]2O[C@@H]2[C@]1(C)O)(c1ccccc1)C(F)(F)F. The van der Waals surface area contributed by atoms with E-state index in [0.717, 1.165) is 19.2 Å². The highest BCUT2D eigenvalue weighted by Gasteiger charge is 2.67. The molecule has 1 aliphatic heterocycles. The van der Waals surface area contributed by atoms with Crippen LogP contribution < -0.4 is 0 Å². The molecule has 1 saturated heterocycles. The summed E-state index contributed by atoms with van der Waals surface area (Å²) in [4.78, 5) is 12.9. The molecule has 1 aliphatic carbocycles. The van der Waals surface area contributed by atoms with Crippen molar-refractivity contribution in [3.05, 3.63) is 35.9 Å². The van der Waals surface area contributed by atoms with Gasteiger partial charge in [0.2, 0.25) is 0 Å². The van der Waals surface area contributed by atoms with E-state index < -0.39 is 35.6 Å². The van der Waals surface area contributed by atoms with Crippen molar-refractivity contribution in [2.45, 2.75) is 62.9 Å². The molecular formula is C20H25F3O5. The summed E-state index contributed by atoms with van der Waals surface area (Å²) in [6.07, 6.45) is -6.72. The summed E-state index contributed by atoms with van der Waals surface area (Å²) in [6.45, 7) is 5.35. The number of esters is 1. The summed E-state index contributed by atoms with van der Waals surface area (Å²) in [5.41, 5.74) is -5.24. The van der Waals surface area contributed by atoms with E-state index in [1.54, 1.807) is 0 Å². The molecule has 0 bridgehead atoms.